The Morgan fingerprint density at radius 1 is 1.15 bits per heavy atom. The topological polar surface area (TPSA) is 88.9 Å². The van der Waals surface area contributed by atoms with Gasteiger partial charge in [-0.3, -0.25) is 14.5 Å². The Balaban J connectivity index is 1.29. The van der Waals surface area contributed by atoms with Gasteiger partial charge in [-0.15, -0.1) is 0 Å². The molecule has 0 bridgehead atoms. The standard InChI is InChI=1S/C29H28ClN7O2/c1-28(2)22-23(28)27(39)36(26(22)38)13-17-10-21-24(33-16-34-37(21)14-17)20-12-19(30)11-18-4-9-35(25(18)20)15-29(31-3)5-7-32-8-6-29/h4,9-12,14,16,22-23,32H,5-8,13,15H2,1-2H3. The lowest BCUT2D eigenvalue weighted by Gasteiger charge is -2.27. The highest BCUT2D eigenvalue weighted by Gasteiger charge is 2.72. The molecule has 2 aliphatic heterocycles. The van der Waals surface area contributed by atoms with E-state index in [9.17, 15) is 9.59 Å². The van der Waals surface area contributed by atoms with Gasteiger partial charge in [0.1, 0.15) is 12.9 Å². The summed E-state index contributed by atoms with van der Waals surface area (Å²) in [5, 5.41) is 9.34. The number of piperidine rings is 2. The van der Waals surface area contributed by atoms with Crippen molar-refractivity contribution >= 4 is 39.8 Å². The van der Waals surface area contributed by atoms with E-state index >= 15 is 0 Å². The lowest BCUT2D eigenvalue weighted by Crippen LogP contribution is -2.42. The largest absolute Gasteiger partial charge is 0.339 e. The van der Waals surface area contributed by atoms with Crippen LogP contribution in [0.3, 0.4) is 0 Å². The fourth-order valence-corrected chi connectivity index (χ4v) is 6.99. The molecule has 2 amide bonds. The summed E-state index contributed by atoms with van der Waals surface area (Å²) >= 11 is 6.57. The van der Waals surface area contributed by atoms with E-state index in [1.165, 1.54) is 11.2 Å². The first-order chi connectivity index (χ1) is 18.7. The number of nitrogens with one attached hydrogen (secondary N) is 1. The van der Waals surface area contributed by atoms with Crippen LogP contribution in [0.15, 0.2) is 43.0 Å². The van der Waals surface area contributed by atoms with Crippen LogP contribution in [0.2, 0.25) is 5.02 Å². The summed E-state index contributed by atoms with van der Waals surface area (Å²) in [4.78, 5) is 36.0. The maximum Gasteiger partial charge on any atom is 0.252 e. The van der Waals surface area contributed by atoms with E-state index in [0.717, 1.165) is 53.5 Å². The van der Waals surface area contributed by atoms with Crippen LogP contribution in [0, 0.1) is 23.8 Å². The molecule has 10 heteroatoms. The Labute approximate surface area is 230 Å². The van der Waals surface area contributed by atoms with Gasteiger partial charge in [-0.1, -0.05) is 25.4 Å². The van der Waals surface area contributed by atoms with Crippen LogP contribution in [-0.2, 0) is 22.7 Å². The molecule has 3 fully saturated rings. The molecule has 3 aliphatic rings. The lowest BCUT2D eigenvalue weighted by molar-refractivity contribution is -0.143. The van der Waals surface area contributed by atoms with Gasteiger partial charge in [-0.2, -0.15) is 5.10 Å². The van der Waals surface area contributed by atoms with Gasteiger partial charge in [0.25, 0.3) is 5.54 Å². The molecule has 1 aromatic carbocycles. The van der Waals surface area contributed by atoms with Gasteiger partial charge in [-0.05, 0) is 35.2 Å². The van der Waals surface area contributed by atoms with Crippen LogP contribution in [0.25, 0.3) is 32.5 Å². The Morgan fingerprint density at radius 3 is 2.62 bits per heavy atom. The maximum atomic E-state index is 12.9. The average molecular weight is 542 g/mol. The van der Waals surface area contributed by atoms with E-state index in [2.05, 4.69) is 24.8 Å². The quantitative estimate of drug-likeness (QED) is 0.302. The van der Waals surface area contributed by atoms with E-state index in [4.69, 9.17) is 18.2 Å². The van der Waals surface area contributed by atoms with Crippen molar-refractivity contribution in [1.82, 2.24) is 29.4 Å². The van der Waals surface area contributed by atoms with E-state index in [1.807, 2.05) is 50.5 Å². The number of imide groups is 1. The molecule has 39 heavy (non-hydrogen) atoms. The smallest absolute Gasteiger partial charge is 0.252 e. The second-order valence-electron chi connectivity index (χ2n) is 11.7. The zero-order chi connectivity index (χ0) is 27.1. The highest BCUT2D eigenvalue weighted by atomic mass is 35.5. The summed E-state index contributed by atoms with van der Waals surface area (Å²) in [7, 11) is 0. The minimum Gasteiger partial charge on any atom is -0.339 e. The number of fused-ring (bicyclic) bond motifs is 3. The van der Waals surface area contributed by atoms with Crippen LogP contribution in [-0.4, -0.2) is 54.5 Å². The molecule has 2 saturated heterocycles. The predicted molar refractivity (Wildman–Crippen MR) is 147 cm³/mol. The summed E-state index contributed by atoms with van der Waals surface area (Å²) in [6.07, 6.45) is 6.97. The first kappa shape index (κ1) is 24.3. The molecule has 4 aromatic rings. The summed E-state index contributed by atoms with van der Waals surface area (Å²) in [5.41, 5.74) is 3.40. The number of halogens is 1. The summed E-state index contributed by atoms with van der Waals surface area (Å²) < 4.78 is 3.89. The third-order valence-electron chi connectivity index (χ3n) is 9.01. The number of amides is 2. The zero-order valence-corrected chi connectivity index (χ0v) is 22.6. The van der Waals surface area contributed by atoms with Crippen LogP contribution in [0.1, 0.15) is 32.3 Å². The molecule has 1 saturated carbocycles. The van der Waals surface area contributed by atoms with Gasteiger partial charge in [0.15, 0.2) is 0 Å². The molecular formula is C29H28ClN7O2. The highest BCUT2D eigenvalue weighted by Crippen LogP contribution is 2.63. The summed E-state index contributed by atoms with van der Waals surface area (Å²) in [5.74, 6) is -0.581. The second-order valence-corrected chi connectivity index (χ2v) is 12.2. The minimum absolute atomic E-state index is 0.0856. The van der Waals surface area contributed by atoms with Crippen LogP contribution < -0.4 is 5.32 Å². The monoisotopic (exact) mass is 541 g/mol. The molecule has 5 heterocycles. The van der Waals surface area contributed by atoms with E-state index in [1.54, 1.807) is 4.52 Å². The van der Waals surface area contributed by atoms with Crippen molar-refractivity contribution in [3.63, 3.8) is 0 Å². The van der Waals surface area contributed by atoms with Gasteiger partial charge in [0.2, 0.25) is 11.8 Å². The number of hydrogen-bond acceptors (Lipinski definition) is 5. The Kier molecular flexibility index (Phi) is 5.22. The van der Waals surface area contributed by atoms with Crippen molar-refractivity contribution in [2.75, 3.05) is 13.1 Å². The first-order valence-corrected chi connectivity index (χ1v) is 13.7. The molecule has 9 nitrogen and oxygen atoms in total. The summed E-state index contributed by atoms with van der Waals surface area (Å²) in [6.45, 7) is 14.4. The number of hydrogen-bond donors (Lipinski definition) is 1. The van der Waals surface area contributed by atoms with E-state index in [-0.39, 0.29) is 35.6 Å². The SMILES string of the molecule is [C-]#[N+]C1(Cn2ccc3cc(Cl)cc(-c4ncnn5cc(CN6C(=O)C7C(C6=O)C7(C)C)cc45)c32)CCNCC1. The van der Waals surface area contributed by atoms with Crippen molar-refractivity contribution in [3.05, 3.63) is 65.0 Å². The van der Waals surface area contributed by atoms with Crippen LogP contribution in [0.5, 0.6) is 0 Å². The normalized spacial score (nSPS) is 23.4. The number of benzene rings is 1. The van der Waals surface area contributed by atoms with Gasteiger partial charge < -0.3 is 14.7 Å². The molecule has 1 N–H and O–H groups in total. The molecule has 2 unspecified atom stereocenters. The van der Waals surface area contributed by atoms with Gasteiger partial charge >= 0.3 is 0 Å². The Morgan fingerprint density at radius 2 is 1.90 bits per heavy atom. The van der Waals surface area contributed by atoms with Crippen molar-refractivity contribution < 1.29 is 9.59 Å². The molecule has 0 spiro atoms. The Bertz CT molecular complexity index is 1700. The number of rotatable bonds is 5. The van der Waals surface area contributed by atoms with Gasteiger partial charge in [0.05, 0.1) is 35.1 Å². The number of nitrogens with zero attached hydrogens (tertiary/aromatic N) is 6. The van der Waals surface area contributed by atoms with Crippen molar-refractivity contribution in [2.45, 2.75) is 45.3 Å². The van der Waals surface area contributed by atoms with Crippen LogP contribution >= 0.6 is 11.6 Å². The number of carbonyl (C=O) groups excluding carboxylic acids is 2. The molecule has 0 radical (unpaired) electrons. The maximum absolute atomic E-state index is 12.9. The molecule has 2 atom stereocenters. The second kappa shape index (κ2) is 8.38. The number of carbonyl (C=O) groups is 2. The van der Waals surface area contributed by atoms with E-state index in [0.29, 0.717) is 17.3 Å². The molecular weight excluding hydrogens is 514 g/mol. The van der Waals surface area contributed by atoms with Crippen molar-refractivity contribution in [1.29, 1.82) is 0 Å². The number of likely N-dealkylation sites (tertiary alicyclic amines) is 1. The van der Waals surface area contributed by atoms with Gasteiger partial charge in [-0.25, -0.2) is 16.1 Å². The molecule has 198 valence electrons. The third-order valence-corrected chi connectivity index (χ3v) is 9.23. The van der Waals surface area contributed by atoms with Crippen molar-refractivity contribution in [3.8, 4) is 11.3 Å². The third kappa shape index (κ3) is 3.62. The average Bonchev–Trinajstić information content (AvgIpc) is 3.26. The van der Waals surface area contributed by atoms with E-state index < -0.39 is 5.54 Å². The lowest BCUT2D eigenvalue weighted by atomic mass is 9.89. The van der Waals surface area contributed by atoms with Crippen molar-refractivity contribution in [2.24, 2.45) is 17.3 Å². The van der Waals surface area contributed by atoms with Gasteiger partial charge in [0, 0.05) is 54.3 Å². The number of aromatic nitrogens is 4. The predicted octanol–water partition coefficient (Wildman–Crippen LogP) is 4.19. The molecule has 7 rings (SSSR count). The Hall–Kier alpha value is -3.74. The highest BCUT2D eigenvalue weighted by molar-refractivity contribution is 6.32. The minimum atomic E-state index is -0.457. The fourth-order valence-electron chi connectivity index (χ4n) is 6.76. The summed E-state index contributed by atoms with van der Waals surface area (Å²) in [6, 6.07) is 7.82. The molecule has 1 aliphatic carbocycles. The van der Waals surface area contributed by atoms with Crippen LogP contribution in [0.4, 0.5) is 0 Å². The molecule has 3 aromatic heterocycles. The zero-order valence-electron chi connectivity index (χ0n) is 21.8. The first-order valence-electron chi connectivity index (χ1n) is 13.3. The fraction of sp³-hybridized carbons (Fsp3) is 0.414.